The molecular formula is C35H38F3NO3. The second-order valence-corrected chi connectivity index (χ2v) is 10.9. The van der Waals surface area contributed by atoms with Gasteiger partial charge in [-0.1, -0.05) is 101 Å². The first-order chi connectivity index (χ1) is 19.7. The van der Waals surface area contributed by atoms with Crippen LogP contribution >= 0.6 is 0 Å². The molecule has 2 N–H and O–H groups in total. The van der Waals surface area contributed by atoms with Crippen molar-refractivity contribution in [3.63, 3.8) is 0 Å². The summed E-state index contributed by atoms with van der Waals surface area (Å²) in [6, 6.07) is 20.6. The third kappa shape index (κ3) is 8.87. The number of Topliss-reactive ketones (excluding diaryl/α,β-unsaturated/α-hetero) is 1. The number of carbonyl (C=O) groups is 1. The minimum absolute atomic E-state index is 0.0193. The number of rotatable bonds is 14. The van der Waals surface area contributed by atoms with Gasteiger partial charge < -0.3 is 15.2 Å². The maximum Gasteiger partial charge on any atom is 0.573 e. The molecule has 0 saturated carbocycles. The van der Waals surface area contributed by atoms with E-state index < -0.39 is 12.3 Å². The van der Waals surface area contributed by atoms with Gasteiger partial charge in [0.2, 0.25) is 0 Å². The van der Waals surface area contributed by atoms with Crippen molar-refractivity contribution < 1.29 is 27.8 Å². The van der Waals surface area contributed by atoms with Crippen LogP contribution in [0.4, 0.5) is 13.2 Å². The van der Waals surface area contributed by atoms with E-state index in [1.165, 1.54) is 18.2 Å². The maximum atomic E-state index is 13.5. The molecule has 0 spiro atoms. The SMILES string of the molecule is C=C(O)CCNC(=C)c1ccc(C(CC(=O)c2ccc(C(C)(C)CC)cc2)C(=C)c2cccc(OC(F)(F)F)c2)cc1. The molecule has 3 rings (SSSR count). The molecule has 4 nitrogen and oxygen atoms in total. The highest BCUT2D eigenvalue weighted by Crippen LogP contribution is 2.37. The molecule has 0 aliphatic rings. The second-order valence-electron chi connectivity index (χ2n) is 10.9. The van der Waals surface area contributed by atoms with E-state index >= 15 is 0 Å². The zero-order chi connectivity index (χ0) is 31.1. The molecule has 7 heteroatoms. The summed E-state index contributed by atoms with van der Waals surface area (Å²) in [6.45, 7) is 18.6. The first kappa shape index (κ1) is 32.3. The van der Waals surface area contributed by atoms with Crippen molar-refractivity contribution in [3.8, 4) is 5.75 Å². The van der Waals surface area contributed by atoms with Gasteiger partial charge >= 0.3 is 6.36 Å². The second kappa shape index (κ2) is 13.6. The number of carbonyl (C=O) groups excluding carboxylic acids is 1. The van der Waals surface area contributed by atoms with Gasteiger partial charge in [0, 0.05) is 36.6 Å². The van der Waals surface area contributed by atoms with Crippen LogP contribution in [-0.4, -0.2) is 23.8 Å². The number of nitrogens with one attached hydrogen (secondary N) is 1. The van der Waals surface area contributed by atoms with Gasteiger partial charge in [-0.3, -0.25) is 4.79 Å². The van der Waals surface area contributed by atoms with Gasteiger partial charge in [-0.2, -0.15) is 0 Å². The molecule has 0 bridgehead atoms. The van der Waals surface area contributed by atoms with E-state index in [4.69, 9.17) is 0 Å². The fourth-order valence-electron chi connectivity index (χ4n) is 4.53. The first-order valence-corrected chi connectivity index (χ1v) is 13.8. The van der Waals surface area contributed by atoms with Crippen LogP contribution in [0.15, 0.2) is 98.3 Å². The number of hydrogen-bond acceptors (Lipinski definition) is 4. The number of halogens is 3. The number of alkyl halides is 3. The van der Waals surface area contributed by atoms with Crippen molar-refractivity contribution in [1.82, 2.24) is 5.32 Å². The molecule has 3 aromatic rings. The Morgan fingerprint density at radius 1 is 0.929 bits per heavy atom. The summed E-state index contributed by atoms with van der Waals surface area (Å²) in [4.78, 5) is 13.5. The van der Waals surface area contributed by atoms with Crippen molar-refractivity contribution in [2.24, 2.45) is 0 Å². The Labute approximate surface area is 246 Å². The summed E-state index contributed by atoms with van der Waals surface area (Å²) >= 11 is 0. The maximum absolute atomic E-state index is 13.5. The predicted octanol–water partition coefficient (Wildman–Crippen LogP) is 9.36. The summed E-state index contributed by atoms with van der Waals surface area (Å²) in [5.41, 5.74) is 4.84. The van der Waals surface area contributed by atoms with Gasteiger partial charge in [-0.15, -0.1) is 13.2 Å². The van der Waals surface area contributed by atoms with E-state index in [1.807, 2.05) is 48.5 Å². The number of benzene rings is 3. The van der Waals surface area contributed by atoms with Crippen LogP contribution in [-0.2, 0) is 5.41 Å². The van der Waals surface area contributed by atoms with E-state index in [0.29, 0.717) is 35.4 Å². The Morgan fingerprint density at radius 3 is 2.12 bits per heavy atom. The van der Waals surface area contributed by atoms with Gasteiger partial charge in [0.05, 0.1) is 5.76 Å². The highest BCUT2D eigenvalue weighted by Gasteiger charge is 2.31. The molecule has 42 heavy (non-hydrogen) atoms. The van der Waals surface area contributed by atoms with Gasteiger partial charge in [0.1, 0.15) is 5.75 Å². The predicted molar refractivity (Wildman–Crippen MR) is 163 cm³/mol. The molecule has 0 radical (unpaired) electrons. The van der Waals surface area contributed by atoms with Crippen LogP contribution in [0.5, 0.6) is 5.75 Å². The Balaban J connectivity index is 1.91. The van der Waals surface area contributed by atoms with E-state index in [9.17, 15) is 23.1 Å². The van der Waals surface area contributed by atoms with Gasteiger partial charge in [-0.25, -0.2) is 0 Å². The summed E-state index contributed by atoms with van der Waals surface area (Å²) in [7, 11) is 0. The smallest absolute Gasteiger partial charge is 0.513 e. The summed E-state index contributed by atoms with van der Waals surface area (Å²) in [5.74, 6) is -0.906. The Bertz CT molecular complexity index is 1420. The molecule has 0 fully saturated rings. The van der Waals surface area contributed by atoms with Gasteiger partial charge in [0.15, 0.2) is 5.78 Å². The van der Waals surface area contributed by atoms with Crippen molar-refractivity contribution >= 4 is 17.1 Å². The lowest BCUT2D eigenvalue weighted by Gasteiger charge is -2.24. The number of ketones is 1. The van der Waals surface area contributed by atoms with Crippen LogP contribution < -0.4 is 10.1 Å². The van der Waals surface area contributed by atoms with Crippen molar-refractivity contribution in [2.75, 3.05) is 6.54 Å². The average Bonchev–Trinajstić information content (AvgIpc) is 2.94. The normalized spacial score (nSPS) is 12.3. The number of allylic oxidation sites excluding steroid dienone is 1. The highest BCUT2D eigenvalue weighted by atomic mass is 19.4. The van der Waals surface area contributed by atoms with Crippen LogP contribution in [0.3, 0.4) is 0 Å². The Kier molecular flexibility index (Phi) is 10.4. The lowest BCUT2D eigenvalue weighted by Crippen LogP contribution is -2.17. The van der Waals surface area contributed by atoms with E-state index in [0.717, 1.165) is 23.1 Å². The van der Waals surface area contributed by atoms with Crippen LogP contribution in [0.1, 0.15) is 78.6 Å². The van der Waals surface area contributed by atoms with Crippen molar-refractivity contribution in [2.45, 2.75) is 57.7 Å². The van der Waals surface area contributed by atoms with Gasteiger partial charge in [-0.05, 0) is 51.8 Å². The monoisotopic (exact) mass is 577 g/mol. The average molecular weight is 578 g/mol. The van der Waals surface area contributed by atoms with Crippen molar-refractivity contribution in [3.05, 3.63) is 126 Å². The minimum Gasteiger partial charge on any atom is -0.513 e. The quantitative estimate of drug-likeness (QED) is 0.148. The van der Waals surface area contributed by atoms with Crippen molar-refractivity contribution in [1.29, 1.82) is 0 Å². The molecular weight excluding hydrogens is 539 g/mol. The lowest BCUT2D eigenvalue weighted by atomic mass is 9.80. The van der Waals surface area contributed by atoms with E-state index in [1.54, 1.807) is 6.07 Å². The van der Waals surface area contributed by atoms with Crippen LogP contribution in [0.2, 0.25) is 0 Å². The molecule has 0 amide bonds. The summed E-state index contributed by atoms with van der Waals surface area (Å²) in [5, 5.41) is 12.4. The first-order valence-electron chi connectivity index (χ1n) is 13.8. The standard InChI is InChI=1S/C35H38F3NO3/c1-7-34(5,6)30-17-15-28(16-18-30)33(41)22-32(24(3)29-9-8-10-31(21-29)42-35(36,37)38)27-13-11-26(12-14-27)25(4)39-20-19-23(2)40/h8-18,21,32,39-40H,2-4,7,19-20,22H2,1,5-6H3. The zero-order valence-corrected chi connectivity index (χ0v) is 24.4. The number of aliphatic hydroxyl groups excluding tert-OH is 1. The van der Waals surface area contributed by atoms with Crippen LogP contribution in [0.25, 0.3) is 11.3 Å². The molecule has 1 atom stereocenters. The molecule has 0 aromatic heterocycles. The minimum atomic E-state index is -4.83. The number of ether oxygens (including phenoxy) is 1. The Hall–Kier alpha value is -4.26. The molecule has 3 aromatic carbocycles. The number of hydrogen-bond donors (Lipinski definition) is 2. The molecule has 0 aliphatic heterocycles. The van der Waals surface area contributed by atoms with E-state index in [-0.39, 0.29) is 29.1 Å². The van der Waals surface area contributed by atoms with E-state index in [2.05, 4.69) is 50.6 Å². The Morgan fingerprint density at radius 2 is 1.55 bits per heavy atom. The van der Waals surface area contributed by atoms with Gasteiger partial charge in [0.25, 0.3) is 0 Å². The topological polar surface area (TPSA) is 58.6 Å². The molecule has 222 valence electrons. The molecule has 0 aliphatic carbocycles. The fourth-order valence-corrected chi connectivity index (χ4v) is 4.53. The lowest BCUT2D eigenvalue weighted by molar-refractivity contribution is -0.274. The largest absolute Gasteiger partial charge is 0.573 e. The number of aliphatic hydroxyl groups is 1. The highest BCUT2D eigenvalue weighted by molar-refractivity contribution is 5.98. The van der Waals surface area contributed by atoms with Crippen LogP contribution in [0, 0.1) is 0 Å². The fraction of sp³-hybridized carbons (Fsp3) is 0.286. The molecule has 0 saturated heterocycles. The summed E-state index contributed by atoms with van der Waals surface area (Å²) in [6.07, 6.45) is -3.43. The molecule has 1 unspecified atom stereocenters. The third-order valence-corrected chi connectivity index (χ3v) is 7.53. The molecule has 0 heterocycles. The summed E-state index contributed by atoms with van der Waals surface area (Å²) < 4.78 is 42.8. The third-order valence-electron chi connectivity index (χ3n) is 7.53. The zero-order valence-electron chi connectivity index (χ0n) is 24.4.